The van der Waals surface area contributed by atoms with Crippen LogP contribution in [0.4, 0.5) is 0 Å². The lowest BCUT2D eigenvalue weighted by atomic mass is 9.86. The van der Waals surface area contributed by atoms with Crippen molar-refractivity contribution in [3.63, 3.8) is 0 Å². The van der Waals surface area contributed by atoms with Crippen molar-refractivity contribution in [2.45, 2.75) is 70.6 Å². The van der Waals surface area contributed by atoms with Gasteiger partial charge in [-0.05, 0) is 62.4 Å². The Bertz CT molecular complexity index is 574. The van der Waals surface area contributed by atoms with Crippen molar-refractivity contribution in [1.29, 1.82) is 0 Å². The van der Waals surface area contributed by atoms with Crippen LogP contribution in [0.2, 0.25) is 0 Å². The Labute approximate surface area is 152 Å². The summed E-state index contributed by atoms with van der Waals surface area (Å²) in [5, 5.41) is 20.2. The molecule has 0 bridgehead atoms. The number of aliphatic hydroxyl groups is 1. The topological polar surface area (TPSA) is 46.9 Å². The van der Waals surface area contributed by atoms with Gasteiger partial charge in [-0.3, -0.25) is 9.80 Å². The van der Waals surface area contributed by atoms with Crippen LogP contribution in [0, 0.1) is 0 Å². The normalized spacial score (nSPS) is 24.6. The van der Waals surface area contributed by atoms with Crippen molar-refractivity contribution >= 4 is 0 Å². The molecule has 0 radical (unpaired) electrons. The summed E-state index contributed by atoms with van der Waals surface area (Å²) in [6.07, 6.45) is 4.26. The lowest BCUT2D eigenvalue weighted by Gasteiger charge is -2.41. The molecule has 1 aromatic carbocycles. The molecular formula is C21H34N2O2. The second kappa shape index (κ2) is 7.65. The van der Waals surface area contributed by atoms with Gasteiger partial charge in [0.2, 0.25) is 0 Å². The maximum Gasteiger partial charge on any atom is 0.120 e. The minimum Gasteiger partial charge on any atom is -0.508 e. The highest BCUT2D eigenvalue weighted by molar-refractivity contribution is 5.38. The number of aromatic hydroxyl groups is 1. The minimum atomic E-state index is -0.135. The van der Waals surface area contributed by atoms with Crippen LogP contribution in [0.3, 0.4) is 0 Å². The van der Waals surface area contributed by atoms with E-state index >= 15 is 0 Å². The molecule has 0 spiro atoms. The molecule has 0 amide bonds. The number of phenols is 1. The molecule has 4 nitrogen and oxygen atoms in total. The fourth-order valence-electron chi connectivity index (χ4n) is 4.18. The number of phenolic OH excluding ortho intramolecular Hbond substituents is 1. The molecule has 2 N–H and O–H groups in total. The molecule has 2 aliphatic rings. The Morgan fingerprint density at radius 2 is 1.80 bits per heavy atom. The number of rotatable bonds is 3. The second-order valence-corrected chi connectivity index (χ2v) is 8.89. The molecule has 3 rings (SSSR count). The number of piperidine rings is 2. The van der Waals surface area contributed by atoms with Crippen LogP contribution in [-0.2, 0) is 12.0 Å². The van der Waals surface area contributed by atoms with Crippen LogP contribution in [-0.4, -0.2) is 58.3 Å². The van der Waals surface area contributed by atoms with Gasteiger partial charge in [-0.15, -0.1) is 0 Å². The smallest absolute Gasteiger partial charge is 0.120 e. The summed E-state index contributed by atoms with van der Waals surface area (Å²) in [6, 6.07) is 6.66. The number of likely N-dealkylation sites (tertiary alicyclic amines) is 2. The molecule has 2 aliphatic heterocycles. The van der Waals surface area contributed by atoms with E-state index in [1.807, 2.05) is 12.1 Å². The Morgan fingerprint density at radius 1 is 1.08 bits per heavy atom. The number of benzene rings is 1. The van der Waals surface area contributed by atoms with E-state index in [1.54, 1.807) is 0 Å². The van der Waals surface area contributed by atoms with Crippen molar-refractivity contribution < 1.29 is 10.2 Å². The van der Waals surface area contributed by atoms with Crippen LogP contribution in [0.5, 0.6) is 5.75 Å². The SMILES string of the molecule is CC(C)(C)c1ccc(O)c(CN2CCC(N3CCCC(O)C3)CC2)c1. The van der Waals surface area contributed by atoms with Crippen LogP contribution in [0.1, 0.15) is 57.6 Å². The molecule has 2 fully saturated rings. The Hall–Kier alpha value is -1.10. The number of β-amino-alcohol motifs (C(OH)–C–C–N with tert-alkyl or cyclic N) is 1. The van der Waals surface area contributed by atoms with Crippen molar-refractivity contribution in [2.24, 2.45) is 0 Å². The molecular weight excluding hydrogens is 312 g/mol. The van der Waals surface area contributed by atoms with Crippen molar-refractivity contribution in [3.05, 3.63) is 29.3 Å². The molecule has 25 heavy (non-hydrogen) atoms. The summed E-state index contributed by atoms with van der Waals surface area (Å²) in [7, 11) is 0. The summed E-state index contributed by atoms with van der Waals surface area (Å²) >= 11 is 0. The third-order valence-corrected chi connectivity index (χ3v) is 5.84. The Kier molecular flexibility index (Phi) is 5.71. The maximum atomic E-state index is 10.3. The number of nitrogens with zero attached hydrogens (tertiary/aromatic N) is 2. The summed E-state index contributed by atoms with van der Waals surface area (Å²) < 4.78 is 0. The third-order valence-electron chi connectivity index (χ3n) is 5.84. The van der Waals surface area contributed by atoms with E-state index < -0.39 is 0 Å². The van der Waals surface area contributed by atoms with Crippen LogP contribution >= 0.6 is 0 Å². The van der Waals surface area contributed by atoms with Crippen molar-refractivity contribution in [3.8, 4) is 5.75 Å². The van der Waals surface area contributed by atoms with Gasteiger partial charge in [-0.25, -0.2) is 0 Å². The Balaban J connectivity index is 1.57. The van der Waals surface area contributed by atoms with E-state index in [0.717, 1.165) is 64.0 Å². The molecule has 0 saturated carbocycles. The first-order valence-corrected chi connectivity index (χ1v) is 9.80. The lowest BCUT2D eigenvalue weighted by molar-refractivity contribution is 0.0242. The van der Waals surface area contributed by atoms with Gasteiger partial charge in [0.25, 0.3) is 0 Å². The monoisotopic (exact) mass is 346 g/mol. The summed E-state index contributed by atoms with van der Waals surface area (Å²) in [5.41, 5.74) is 2.42. The number of hydrogen-bond acceptors (Lipinski definition) is 4. The molecule has 1 atom stereocenters. The summed E-state index contributed by atoms with van der Waals surface area (Å²) in [5.74, 6) is 0.411. The van der Waals surface area contributed by atoms with Gasteiger partial charge in [0.15, 0.2) is 0 Å². The molecule has 1 aromatic rings. The fourth-order valence-corrected chi connectivity index (χ4v) is 4.18. The zero-order valence-electron chi connectivity index (χ0n) is 16.0. The highest BCUT2D eigenvalue weighted by Gasteiger charge is 2.28. The van der Waals surface area contributed by atoms with E-state index in [-0.39, 0.29) is 11.5 Å². The molecule has 4 heteroatoms. The van der Waals surface area contributed by atoms with Gasteiger partial charge in [0.05, 0.1) is 6.10 Å². The molecule has 2 heterocycles. The molecule has 0 aromatic heterocycles. The van der Waals surface area contributed by atoms with Gasteiger partial charge in [0.1, 0.15) is 5.75 Å². The summed E-state index contributed by atoms with van der Waals surface area (Å²) in [6.45, 7) is 11.6. The molecule has 140 valence electrons. The second-order valence-electron chi connectivity index (χ2n) is 8.89. The highest BCUT2D eigenvalue weighted by Crippen LogP contribution is 2.29. The van der Waals surface area contributed by atoms with E-state index in [0.29, 0.717) is 11.8 Å². The molecule has 2 saturated heterocycles. The van der Waals surface area contributed by atoms with E-state index in [9.17, 15) is 10.2 Å². The van der Waals surface area contributed by atoms with E-state index in [2.05, 4.69) is 36.6 Å². The van der Waals surface area contributed by atoms with E-state index in [1.165, 1.54) is 5.56 Å². The zero-order valence-corrected chi connectivity index (χ0v) is 16.0. The predicted octanol–water partition coefficient (Wildman–Crippen LogP) is 3.11. The fraction of sp³-hybridized carbons (Fsp3) is 0.714. The lowest BCUT2D eigenvalue weighted by Crippen LogP contribution is -2.49. The largest absolute Gasteiger partial charge is 0.508 e. The quantitative estimate of drug-likeness (QED) is 0.883. The van der Waals surface area contributed by atoms with Gasteiger partial charge in [-0.2, -0.15) is 0 Å². The van der Waals surface area contributed by atoms with Crippen LogP contribution < -0.4 is 0 Å². The van der Waals surface area contributed by atoms with Gasteiger partial charge < -0.3 is 10.2 Å². The van der Waals surface area contributed by atoms with Gasteiger partial charge >= 0.3 is 0 Å². The van der Waals surface area contributed by atoms with Crippen molar-refractivity contribution in [1.82, 2.24) is 9.80 Å². The highest BCUT2D eigenvalue weighted by atomic mass is 16.3. The van der Waals surface area contributed by atoms with E-state index in [4.69, 9.17) is 0 Å². The zero-order chi connectivity index (χ0) is 18.0. The summed E-state index contributed by atoms with van der Waals surface area (Å²) in [4.78, 5) is 4.95. The van der Waals surface area contributed by atoms with Gasteiger partial charge in [0, 0.05) is 24.7 Å². The first kappa shape index (κ1) is 18.7. The van der Waals surface area contributed by atoms with Crippen LogP contribution in [0.15, 0.2) is 18.2 Å². The first-order chi connectivity index (χ1) is 11.8. The standard InChI is InChI=1S/C21H34N2O2/c1-21(2,3)17-6-7-20(25)16(13-17)14-22-11-8-18(9-12-22)23-10-4-5-19(24)15-23/h6-7,13,18-19,24-25H,4-5,8-12,14-15H2,1-3H3. The van der Waals surface area contributed by atoms with Gasteiger partial charge in [-0.1, -0.05) is 32.9 Å². The average molecular weight is 347 g/mol. The number of aliphatic hydroxyl groups excluding tert-OH is 1. The molecule has 0 aliphatic carbocycles. The Morgan fingerprint density at radius 3 is 2.44 bits per heavy atom. The minimum absolute atomic E-state index is 0.102. The van der Waals surface area contributed by atoms with Crippen molar-refractivity contribution in [2.75, 3.05) is 26.2 Å². The first-order valence-electron chi connectivity index (χ1n) is 9.80. The average Bonchev–Trinajstić information content (AvgIpc) is 2.56. The third kappa shape index (κ3) is 4.75. The predicted molar refractivity (Wildman–Crippen MR) is 102 cm³/mol. The number of hydrogen-bond donors (Lipinski definition) is 2. The maximum absolute atomic E-state index is 10.3. The molecule has 1 unspecified atom stereocenters. The van der Waals surface area contributed by atoms with Crippen LogP contribution in [0.25, 0.3) is 0 Å².